The van der Waals surface area contributed by atoms with Crippen molar-refractivity contribution in [2.24, 2.45) is 5.92 Å². The van der Waals surface area contributed by atoms with Crippen LogP contribution in [0.5, 0.6) is 11.5 Å². The summed E-state index contributed by atoms with van der Waals surface area (Å²) < 4.78 is 5.89. The second-order valence-electron chi connectivity index (χ2n) is 5.73. The monoisotopic (exact) mass is 268 g/mol. The number of rotatable bonds is 4. The number of aliphatic hydroxyl groups excluding tert-OH is 1. The van der Waals surface area contributed by atoms with Gasteiger partial charge in [-0.25, -0.2) is 0 Å². The average Bonchev–Trinajstić information content (AvgIpc) is 3.22. The summed E-state index contributed by atoms with van der Waals surface area (Å²) in [4.78, 5) is 0. The van der Waals surface area contributed by atoms with E-state index in [-0.39, 0.29) is 6.10 Å². The third kappa shape index (κ3) is 2.86. The van der Waals surface area contributed by atoms with Gasteiger partial charge in [0.2, 0.25) is 0 Å². The van der Waals surface area contributed by atoms with Crippen molar-refractivity contribution in [2.75, 3.05) is 0 Å². The fraction of sp³-hybridized carbons (Fsp3) is 0.333. The predicted molar refractivity (Wildman–Crippen MR) is 80.2 cm³/mol. The van der Waals surface area contributed by atoms with Gasteiger partial charge in [0.1, 0.15) is 11.5 Å². The van der Waals surface area contributed by atoms with Gasteiger partial charge in [0, 0.05) is 0 Å². The quantitative estimate of drug-likeness (QED) is 0.897. The van der Waals surface area contributed by atoms with Crippen molar-refractivity contribution in [3.8, 4) is 11.5 Å². The van der Waals surface area contributed by atoms with Crippen LogP contribution in [0.3, 0.4) is 0 Å². The van der Waals surface area contributed by atoms with Crippen molar-refractivity contribution in [3.05, 3.63) is 59.7 Å². The molecule has 20 heavy (non-hydrogen) atoms. The molecule has 0 saturated heterocycles. The topological polar surface area (TPSA) is 29.5 Å². The Morgan fingerprint density at radius 3 is 2.50 bits per heavy atom. The van der Waals surface area contributed by atoms with Crippen LogP contribution in [0.4, 0.5) is 0 Å². The van der Waals surface area contributed by atoms with Crippen molar-refractivity contribution in [3.63, 3.8) is 0 Å². The molecule has 1 aliphatic rings. The van der Waals surface area contributed by atoms with Crippen LogP contribution in [-0.4, -0.2) is 11.2 Å². The van der Waals surface area contributed by atoms with Gasteiger partial charge in [-0.05, 0) is 61.9 Å². The van der Waals surface area contributed by atoms with Gasteiger partial charge in [-0.1, -0.05) is 29.8 Å². The number of benzene rings is 2. The van der Waals surface area contributed by atoms with E-state index in [1.165, 1.54) is 11.1 Å². The molecule has 3 atom stereocenters. The van der Waals surface area contributed by atoms with E-state index >= 15 is 0 Å². The van der Waals surface area contributed by atoms with Gasteiger partial charge in [-0.15, -0.1) is 0 Å². The fourth-order valence-corrected chi connectivity index (χ4v) is 2.68. The summed E-state index contributed by atoms with van der Waals surface area (Å²) in [6.07, 6.45) is 0.854. The first-order chi connectivity index (χ1) is 9.63. The van der Waals surface area contributed by atoms with Crippen LogP contribution in [0, 0.1) is 12.8 Å². The molecule has 2 aromatic carbocycles. The lowest BCUT2D eigenvalue weighted by molar-refractivity contribution is 0.169. The molecule has 0 radical (unpaired) electrons. The van der Waals surface area contributed by atoms with Gasteiger partial charge >= 0.3 is 0 Å². The number of hydrogen-bond acceptors (Lipinski definition) is 2. The summed E-state index contributed by atoms with van der Waals surface area (Å²) in [5, 5.41) is 9.62. The van der Waals surface area contributed by atoms with Crippen LogP contribution in [-0.2, 0) is 0 Å². The molecular weight excluding hydrogens is 248 g/mol. The fourth-order valence-electron chi connectivity index (χ4n) is 2.68. The second kappa shape index (κ2) is 5.29. The molecule has 0 amide bonds. The zero-order valence-corrected chi connectivity index (χ0v) is 11.9. The molecule has 104 valence electrons. The lowest BCUT2D eigenvalue weighted by Crippen LogP contribution is -2.03. The van der Waals surface area contributed by atoms with Crippen molar-refractivity contribution in [2.45, 2.75) is 32.3 Å². The number of hydrogen-bond donors (Lipinski definition) is 1. The molecule has 0 aromatic heterocycles. The molecule has 0 heterocycles. The summed E-state index contributed by atoms with van der Waals surface area (Å²) in [5.41, 5.74) is 2.49. The first-order valence-electron chi connectivity index (χ1n) is 7.16. The summed E-state index contributed by atoms with van der Waals surface area (Å²) >= 11 is 0. The molecule has 1 fully saturated rings. The van der Waals surface area contributed by atoms with Crippen LogP contribution >= 0.6 is 0 Å². The van der Waals surface area contributed by atoms with Crippen LogP contribution < -0.4 is 4.74 Å². The average molecular weight is 268 g/mol. The lowest BCUT2D eigenvalue weighted by atomic mass is 10.1. The summed E-state index contributed by atoms with van der Waals surface area (Å²) in [6.45, 7) is 3.94. The molecule has 1 saturated carbocycles. The van der Waals surface area contributed by atoms with E-state index in [0.29, 0.717) is 11.8 Å². The minimum absolute atomic E-state index is 0.221. The highest BCUT2D eigenvalue weighted by atomic mass is 16.5. The summed E-state index contributed by atoms with van der Waals surface area (Å²) in [6, 6.07) is 16.3. The predicted octanol–water partition coefficient (Wildman–Crippen LogP) is 4.27. The molecule has 0 bridgehead atoms. The van der Waals surface area contributed by atoms with Crippen molar-refractivity contribution in [1.29, 1.82) is 0 Å². The second-order valence-corrected chi connectivity index (χ2v) is 5.73. The smallest absolute Gasteiger partial charge is 0.127 e. The standard InChI is InChI=1S/C18H20O2/c1-12-6-8-15(9-7-12)20-16-5-3-4-14(10-16)18-11-17(18)13(2)19/h3-10,13,17-19H,11H2,1-2H3. The Hall–Kier alpha value is -1.80. The highest BCUT2D eigenvalue weighted by Crippen LogP contribution is 2.50. The minimum Gasteiger partial charge on any atom is -0.457 e. The molecule has 2 nitrogen and oxygen atoms in total. The molecule has 2 heteroatoms. The molecule has 1 N–H and O–H groups in total. The SMILES string of the molecule is Cc1ccc(Oc2cccc(C3CC3C(C)O)c2)cc1. The Kier molecular flexibility index (Phi) is 3.49. The first kappa shape index (κ1) is 13.2. The third-order valence-corrected chi connectivity index (χ3v) is 4.00. The largest absolute Gasteiger partial charge is 0.457 e. The van der Waals surface area contributed by atoms with Gasteiger partial charge in [0.15, 0.2) is 0 Å². The van der Waals surface area contributed by atoms with E-state index in [9.17, 15) is 5.11 Å². The van der Waals surface area contributed by atoms with E-state index in [2.05, 4.69) is 19.1 Å². The maximum absolute atomic E-state index is 9.62. The number of aryl methyl sites for hydroxylation is 1. The van der Waals surface area contributed by atoms with E-state index < -0.39 is 0 Å². The maximum atomic E-state index is 9.62. The van der Waals surface area contributed by atoms with Crippen LogP contribution in [0.15, 0.2) is 48.5 Å². The highest BCUT2D eigenvalue weighted by molar-refractivity contribution is 5.38. The highest BCUT2D eigenvalue weighted by Gasteiger charge is 2.41. The molecule has 0 aliphatic heterocycles. The molecule has 2 aromatic rings. The third-order valence-electron chi connectivity index (χ3n) is 4.00. The van der Waals surface area contributed by atoms with Gasteiger partial charge in [-0.3, -0.25) is 0 Å². The van der Waals surface area contributed by atoms with E-state index in [1.54, 1.807) is 0 Å². The Bertz CT molecular complexity index is 587. The Morgan fingerprint density at radius 1 is 1.10 bits per heavy atom. The van der Waals surface area contributed by atoms with Crippen molar-refractivity contribution >= 4 is 0 Å². The van der Waals surface area contributed by atoms with Crippen molar-refractivity contribution in [1.82, 2.24) is 0 Å². The molecule has 3 unspecified atom stereocenters. The summed E-state index contributed by atoms with van der Waals surface area (Å²) in [7, 11) is 0. The molecule has 3 rings (SSSR count). The molecular formula is C18H20O2. The summed E-state index contributed by atoms with van der Waals surface area (Å²) in [5.74, 6) is 2.61. The molecule has 1 aliphatic carbocycles. The van der Waals surface area contributed by atoms with Crippen LogP contribution in [0.25, 0.3) is 0 Å². The number of ether oxygens (including phenoxy) is 1. The number of aliphatic hydroxyl groups is 1. The van der Waals surface area contributed by atoms with E-state index in [0.717, 1.165) is 17.9 Å². The Morgan fingerprint density at radius 2 is 1.85 bits per heavy atom. The van der Waals surface area contributed by atoms with Crippen LogP contribution in [0.2, 0.25) is 0 Å². The van der Waals surface area contributed by atoms with Gasteiger partial charge in [-0.2, -0.15) is 0 Å². The zero-order valence-electron chi connectivity index (χ0n) is 11.9. The Balaban J connectivity index is 1.73. The van der Waals surface area contributed by atoms with E-state index in [1.807, 2.05) is 43.3 Å². The zero-order chi connectivity index (χ0) is 14.1. The first-order valence-corrected chi connectivity index (χ1v) is 7.16. The molecule has 0 spiro atoms. The van der Waals surface area contributed by atoms with Gasteiger partial charge < -0.3 is 9.84 Å². The van der Waals surface area contributed by atoms with Crippen LogP contribution in [0.1, 0.15) is 30.4 Å². The minimum atomic E-state index is -0.221. The van der Waals surface area contributed by atoms with Gasteiger partial charge in [0.05, 0.1) is 6.10 Å². The maximum Gasteiger partial charge on any atom is 0.127 e. The van der Waals surface area contributed by atoms with E-state index in [4.69, 9.17) is 4.74 Å². The lowest BCUT2D eigenvalue weighted by Gasteiger charge is -2.08. The van der Waals surface area contributed by atoms with Gasteiger partial charge in [0.25, 0.3) is 0 Å². The normalized spacial score (nSPS) is 22.4. The van der Waals surface area contributed by atoms with Crippen molar-refractivity contribution < 1.29 is 9.84 Å². The Labute approximate surface area is 120 Å².